The van der Waals surface area contributed by atoms with Gasteiger partial charge in [-0.15, -0.1) is 0 Å². The van der Waals surface area contributed by atoms with Crippen molar-refractivity contribution in [2.75, 3.05) is 13.2 Å². The highest BCUT2D eigenvalue weighted by Crippen LogP contribution is 2.20. The molecule has 0 fully saturated rings. The van der Waals surface area contributed by atoms with Gasteiger partial charge in [-0.25, -0.2) is 0 Å². The average Bonchev–Trinajstić information content (AvgIpc) is 2.26. The molecule has 1 atom stereocenters. The Labute approximate surface area is 90.9 Å². The van der Waals surface area contributed by atoms with Crippen LogP contribution in [0.1, 0.15) is 25.3 Å². The average molecular weight is 209 g/mol. The summed E-state index contributed by atoms with van der Waals surface area (Å²) in [4.78, 5) is 0. The molecule has 3 N–H and O–H groups in total. The SMILES string of the molecule is CC(C)c1cccc(OCC(O)CN)c1. The number of aliphatic hydroxyl groups is 1. The molecule has 0 amide bonds. The van der Waals surface area contributed by atoms with E-state index >= 15 is 0 Å². The van der Waals surface area contributed by atoms with Crippen LogP contribution in [0.2, 0.25) is 0 Å². The van der Waals surface area contributed by atoms with Crippen molar-refractivity contribution in [3.8, 4) is 5.75 Å². The largest absolute Gasteiger partial charge is 0.491 e. The van der Waals surface area contributed by atoms with Crippen LogP contribution in [0, 0.1) is 0 Å². The van der Waals surface area contributed by atoms with Gasteiger partial charge in [0.25, 0.3) is 0 Å². The molecule has 84 valence electrons. The molecule has 1 rings (SSSR count). The van der Waals surface area contributed by atoms with Crippen LogP contribution in [0.5, 0.6) is 5.75 Å². The predicted octanol–water partition coefficient (Wildman–Crippen LogP) is 1.51. The Morgan fingerprint density at radius 2 is 2.13 bits per heavy atom. The third-order valence-corrected chi connectivity index (χ3v) is 2.24. The molecule has 0 bridgehead atoms. The van der Waals surface area contributed by atoms with Crippen LogP contribution in [0.15, 0.2) is 24.3 Å². The van der Waals surface area contributed by atoms with Gasteiger partial charge >= 0.3 is 0 Å². The van der Waals surface area contributed by atoms with Crippen molar-refractivity contribution in [2.45, 2.75) is 25.9 Å². The second-order valence-electron chi connectivity index (χ2n) is 3.93. The first kappa shape index (κ1) is 12.0. The molecule has 1 aromatic carbocycles. The maximum Gasteiger partial charge on any atom is 0.119 e. The molecule has 0 aromatic heterocycles. The number of hydrogen-bond donors (Lipinski definition) is 2. The van der Waals surface area contributed by atoms with Crippen LogP contribution in [0.25, 0.3) is 0 Å². The van der Waals surface area contributed by atoms with Gasteiger partial charge in [0.1, 0.15) is 18.5 Å². The van der Waals surface area contributed by atoms with Crippen molar-refractivity contribution in [3.63, 3.8) is 0 Å². The first-order chi connectivity index (χ1) is 7.13. The van der Waals surface area contributed by atoms with E-state index in [2.05, 4.69) is 19.9 Å². The Hall–Kier alpha value is -1.06. The molecule has 1 unspecified atom stereocenters. The second kappa shape index (κ2) is 5.73. The van der Waals surface area contributed by atoms with Gasteiger partial charge in [-0.3, -0.25) is 0 Å². The zero-order valence-electron chi connectivity index (χ0n) is 9.31. The lowest BCUT2D eigenvalue weighted by molar-refractivity contribution is 0.114. The van der Waals surface area contributed by atoms with Gasteiger partial charge in [0.15, 0.2) is 0 Å². The van der Waals surface area contributed by atoms with Gasteiger partial charge in [0, 0.05) is 6.54 Å². The highest BCUT2D eigenvalue weighted by molar-refractivity contribution is 5.30. The van der Waals surface area contributed by atoms with Crippen LogP contribution in [-0.2, 0) is 0 Å². The number of hydrogen-bond acceptors (Lipinski definition) is 3. The van der Waals surface area contributed by atoms with Gasteiger partial charge in [-0.2, -0.15) is 0 Å². The molecule has 0 heterocycles. The summed E-state index contributed by atoms with van der Waals surface area (Å²) in [6.45, 7) is 4.74. The van der Waals surface area contributed by atoms with E-state index in [1.54, 1.807) is 0 Å². The van der Waals surface area contributed by atoms with Crippen molar-refractivity contribution in [3.05, 3.63) is 29.8 Å². The lowest BCUT2D eigenvalue weighted by Crippen LogP contribution is -2.26. The summed E-state index contributed by atoms with van der Waals surface area (Å²) in [7, 11) is 0. The van der Waals surface area contributed by atoms with Crippen molar-refractivity contribution in [2.24, 2.45) is 5.73 Å². The summed E-state index contributed by atoms with van der Waals surface area (Å²) in [5.41, 5.74) is 6.52. The zero-order chi connectivity index (χ0) is 11.3. The topological polar surface area (TPSA) is 55.5 Å². The molecule has 0 saturated heterocycles. The van der Waals surface area contributed by atoms with Crippen LogP contribution in [-0.4, -0.2) is 24.4 Å². The number of ether oxygens (including phenoxy) is 1. The summed E-state index contributed by atoms with van der Waals surface area (Å²) in [5, 5.41) is 9.25. The standard InChI is InChI=1S/C12H19NO2/c1-9(2)10-4-3-5-12(6-10)15-8-11(14)7-13/h3-6,9,11,14H,7-8,13H2,1-2H3. The highest BCUT2D eigenvalue weighted by atomic mass is 16.5. The first-order valence-electron chi connectivity index (χ1n) is 5.24. The molecule has 15 heavy (non-hydrogen) atoms. The van der Waals surface area contributed by atoms with Crippen molar-refractivity contribution in [1.82, 2.24) is 0 Å². The summed E-state index contributed by atoms with van der Waals surface area (Å²) in [6.07, 6.45) is -0.590. The summed E-state index contributed by atoms with van der Waals surface area (Å²) >= 11 is 0. The van der Waals surface area contributed by atoms with E-state index in [0.717, 1.165) is 5.75 Å². The normalized spacial score (nSPS) is 12.9. The lowest BCUT2D eigenvalue weighted by atomic mass is 10.0. The van der Waals surface area contributed by atoms with Gasteiger partial charge in [0.05, 0.1) is 0 Å². The minimum atomic E-state index is -0.590. The fourth-order valence-electron chi connectivity index (χ4n) is 1.22. The van der Waals surface area contributed by atoms with Crippen molar-refractivity contribution < 1.29 is 9.84 Å². The van der Waals surface area contributed by atoms with Crippen LogP contribution < -0.4 is 10.5 Å². The third-order valence-electron chi connectivity index (χ3n) is 2.24. The fraction of sp³-hybridized carbons (Fsp3) is 0.500. The first-order valence-corrected chi connectivity index (χ1v) is 5.24. The van der Waals surface area contributed by atoms with Crippen LogP contribution in [0.3, 0.4) is 0 Å². The van der Waals surface area contributed by atoms with E-state index in [-0.39, 0.29) is 13.2 Å². The number of aliphatic hydroxyl groups excluding tert-OH is 1. The minimum Gasteiger partial charge on any atom is -0.491 e. The van der Waals surface area contributed by atoms with Crippen molar-refractivity contribution >= 4 is 0 Å². The molecule has 1 aromatic rings. The van der Waals surface area contributed by atoms with Gasteiger partial charge in [-0.05, 0) is 23.6 Å². The van der Waals surface area contributed by atoms with E-state index in [1.807, 2.05) is 18.2 Å². The molecule has 0 spiro atoms. The smallest absolute Gasteiger partial charge is 0.119 e. The van der Waals surface area contributed by atoms with E-state index in [1.165, 1.54) is 5.56 Å². The minimum absolute atomic E-state index is 0.226. The number of nitrogens with two attached hydrogens (primary N) is 1. The Bertz CT molecular complexity index is 299. The van der Waals surface area contributed by atoms with E-state index in [4.69, 9.17) is 10.5 Å². The Kier molecular flexibility index (Phi) is 4.59. The highest BCUT2D eigenvalue weighted by Gasteiger charge is 2.04. The van der Waals surface area contributed by atoms with E-state index < -0.39 is 6.10 Å². The summed E-state index contributed by atoms with van der Waals surface area (Å²) in [5.74, 6) is 1.27. The summed E-state index contributed by atoms with van der Waals surface area (Å²) in [6, 6.07) is 7.90. The van der Waals surface area contributed by atoms with Crippen molar-refractivity contribution in [1.29, 1.82) is 0 Å². The number of rotatable bonds is 5. The fourth-order valence-corrected chi connectivity index (χ4v) is 1.22. The molecule has 0 aliphatic heterocycles. The van der Waals surface area contributed by atoms with Gasteiger partial charge in [0.2, 0.25) is 0 Å². The lowest BCUT2D eigenvalue weighted by Gasteiger charge is -2.12. The molecule has 0 aliphatic rings. The Morgan fingerprint density at radius 3 is 2.73 bits per heavy atom. The molecular weight excluding hydrogens is 190 g/mol. The second-order valence-corrected chi connectivity index (χ2v) is 3.93. The predicted molar refractivity (Wildman–Crippen MR) is 61.1 cm³/mol. The Balaban J connectivity index is 2.58. The molecule has 3 heteroatoms. The maximum atomic E-state index is 9.25. The molecular formula is C12H19NO2. The molecule has 3 nitrogen and oxygen atoms in total. The van der Waals surface area contributed by atoms with Crippen LogP contribution in [0.4, 0.5) is 0 Å². The Morgan fingerprint density at radius 1 is 1.40 bits per heavy atom. The molecule has 0 saturated carbocycles. The zero-order valence-corrected chi connectivity index (χ0v) is 9.31. The van der Waals surface area contributed by atoms with Gasteiger partial charge < -0.3 is 15.6 Å². The molecule has 0 aliphatic carbocycles. The maximum absolute atomic E-state index is 9.25. The van der Waals surface area contributed by atoms with Crippen LogP contribution >= 0.6 is 0 Å². The third kappa shape index (κ3) is 3.90. The van der Waals surface area contributed by atoms with Gasteiger partial charge in [-0.1, -0.05) is 26.0 Å². The quantitative estimate of drug-likeness (QED) is 0.772. The van der Waals surface area contributed by atoms with E-state index in [0.29, 0.717) is 5.92 Å². The monoisotopic (exact) mass is 209 g/mol. The number of benzene rings is 1. The molecule has 0 radical (unpaired) electrons. The van der Waals surface area contributed by atoms with E-state index in [9.17, 15) is 5.11 Å². The summed E-state index contributed by atoms with van der Waals surface area (Å²) < 4.78 is 5.42.